The summed E-state index contributed by atoms with van der Waals surface area (Å²) in [5, 5.41) is 7.67. The number of H-pyrrole nitrogens is 1. The Bertz CT molecular complexity index is 825. The predicted molar refractivity (Wildman–Crippen MR) is 85.6 cm³/mol. The lowest BCUT2D eigenvalue weighted by Crippen LogP contribution is -2.09. The number of nitrogens with one attached hydrogen (secondary N) is 1. The molecule has 0 atom stereocenters. The van der Waals surface area contributed by atoms with Gasteiger partial charge in [0.15, 0.2) is 5.65 Å². The maximum Gasteiger partial charge on any atom is 0.340 e. The summed E-state index contributed by atoms with van der Waals surface area (Å²) < 4.78 is 10.3. The molecule has 0 aliphatic carbocycles. The van der Waals surface area contributed by atoms with Crippen LogP contribution in [0, 0.1) is 0 Å². The summed E-state index contributed by atoms with van der Waals surface area (Å²) in [7, 11) is 1.63. The second-order valence-corrected chi connectivity index (χ2v) is 5.03. The fourth-order valence-corrected chi connectivity index (χ4v) is 2.47. The van der Waals surface area contributed by atoms with E-state index in [1.807, 2.05) is 24.3 Å². The first-order valence-electron chi connectivity index (χ1n) is 7.34. The van der Waals surface area contributed by atoms with Gasteiger partial charge in [-0.15, -0.1) is 0 Å². The van der Waals surface area contributed by atoms with E-state index in [2.05, 4.69) is 15.2 Å². The van der Waals surface area contributed by atoms with Crippen molar-refractivity contribution in [1.82, 2.24) is 15.2 Å². The van der Waals surface area contributed by atoms with Gasteiger partial charge < -0.3 is 9.47 Å². The second kappa shape index (κ2) is 6.48. The lowest BCUT2D eigenvalue weighted by Gasteiger charge is -2.10. The number of carbonyl (C=O) groups excluding carboxylic acids is 1. The molecule has 0 saturated carbocycles. The molecule has 23 heavy (non-hydrogen) atoms. The Kier molecular flexibility index (Phi) is 4.23. The molecule has 2 heterocycles. The van der Waals surface area contributed by atoms with Crippen molar-refractivity contribution in [3.8, 4) is 5.75 Å². The van der Waals surface area contributed by atoms with Crippen molar-refractivity contribution < 1.29 is 14.3 Å². The van der Waals surface area contributed by atoms with E-state index in [1.54, 1.807) is 20.2 Å². The molecule has 0 unspecified atom stereocenters. The standard InChI is InChI=1S/C17H17N3O3/c1-3-23-17(21)15-9-18-16-14(10-19-20-16)13(15)8-11-4-6-12(22-2)7-5-11/h4-7,9-10H,3,8H2,1-2H3,(H,18,19,20). The summed E-state index contributed by atoms with van der Waals surface area (Å²) in [5.74, 6) is 0.425. The van der Waals surface area contributed by atoms with Crippen LogP contribution in [0.5, 0.6) is 5.75 Å². The topological polar surface area (TPSA) is 77.1 Å². The van der Waals surface area contributed by atoms with Crippen LogP contribution in [0.1, 0.15) is 28.4 Å². The van der Waals surface area contributed by atoms with Crippen LogP contribution in [-0.2, 0) is 11.2 Å². The molecule has 0 radical (unpaired) electrons. The summed E-state index contributed by atoms with van der Waals surface area (Å²) in [4.78, 5) is 16.4. The SMILES string of the molecule is CCOC(=O)c1cnc2[nH]ncc2c1Cc1ccc(OC)cc1. The third kappa shape index (κ3) is 3.01. The lowest BCUT2D eigenvalue weighted by atomic mass is 9.99. The fourth-order valence-electron chi connectivity index (χ4n) is 2.47. The Morgan fingerprint density at radius 1 is 1.22 bits per heavy atom. The molecule has 3 aromatic rings. The Morgan fingerprint density at radius 2 is 2.00 bits per heavy atom. The van der Waals surface area contributed by atoms with Gasteiger partial charge in [0, 0.05) is 11.6 Å². The van der Waals surface area contributed by atoms with Gasteiger partial charge in [-0.25, -0.2) is 9.78 Å². The van der Waals surface area contributed by atoms with Crippen molar-refractivity contribution in [2.75, 3.05) is 13.7 Å². The van der Waals surface area contributed by atoms with E-state index in [4.69, 9.17) is 9.47 Å². The first kappa shape index (κ1) is 15.0. The van der Waals surface area contributed by atoms with Gasteiger partial charge in [-0.1, -0.05) is 12.1 Å². The minimum Gasteiger partial charge on any atom is -0.497 e. The highest BCUT2D eigenvalue weighted by Crippen LogP contribution is 2.24. The van der Waals surface area contributed by atoms with Crippen LogP contribution < -0.4 is 4.74 Å². The van der Waals surface area contributed by atoms with Gasteiger partial charge in [0.25, 0.3) is 0 Å². The molecule has 0 amide bonds. The van der Waals surface area contributed by atoms with E-state index < -0.39 is 0 Å². The Balaban J connectivity index is 2.03. The number of esters is 1. The van der Waals surface area contributed by atoms with Gasteiger partial charge in [0.1, 0.15) is 5.75 Å². The molecule has 1 aromatic carbocycles. The van der Waals surface area contributed by atoms with Gasteiger partial charge in [0.05, 0.1) is 25.5 Å². The smallest absolute Gasteiger partial charge is 0.340 e. The summed E-state index contributed by atoms with van der Waals surface area (Å²) in [5.41, 5.74) is 3.04. The monoisotopic (exact) mass is 311 g/mol. The number of rotatable bonds is 5. The fraction of sp³-hybridized carbons (Fsp3) is 0.235. The van der Waals surface area contributed by atoms with E-state index in [0.717, 1.165) is 22.3 Å². The third-order valence-corrected chi connectivity index (χ3v) is 3.63. The maximum atomic E-state index is 12.2. The average Bonchev–Trinajstić information content (AvgIpc) is 3.05. The first-order chi connectivity index (χ1) is 11.2. The molecule has 0 saturated heterocycles. The van der Waals surface area contributed by atoms with Crippen LogP contribution >= 0.6 is 0 Å². The van der Waals surface area contributed by atoms with Crippen LogP contribution in [0.15, 0.2) is 36.7 Å². The number of pyridine rings is 1. The highest BCUT2D eigenvalue weighted by molar-refractivity contribution is 5.96. The minimum absolute atomic E-state index is 0.324. The molecule has 2 aromatic heterocycles. The number of nitrogens with zero attached hydrogens (tertiary/aromatic N) is 2. The van der Waals surface area contributed by atoms with E-state index >= 15 is 0 Å². The number of ether oxygens (including phenoxy) is 2. The van der Waals surface area contributed by atoms with Gasteiger partial charge >= 0.3 is 5.97 Å². The second-order valence-electron chi connectivity index (χ2n) is 5.03. The molecule has 0 bridgehead atoms. The number of hydrogen-bond donors (Lipinski definition) is 1. The summed E-state index contributed by atoms with van der Waals surface area (Å²) in [6.07, 6.45) is 3.80. The number of benzene rings is 1. The van der Waals surface area contributed by atoms with Gasteiger partial charge in [-0.05, 0) is 36.6 Å². The van der Waals surface area contributed by atoms with Crippen molar-refractivity contribution in [1.29, 1.82) is 0 Å². The number of methoxy groups -OCH3 is 1. The van der Waals surface area contributed by atoms with Crippen molar-refractivity contribution in [2.24, 2.45) is 0 Å². The molecule has 118 valence electrons. The van der Waals surface area contributed by atoms with Crippen LogP contribution in [-0.4, -0.2) is 34.9 Å². The number of fused-ring (bicyclic) bond motifs is 1. The Hall–Kier alpha value is -2.89. The zero-order chi connectivity index (χ0) is 16.2. The minimum atomic E-state index is -0.369. The van der Waals surface area contributed by atoms with Crippen molar-refractivity contribution in [3.05, 3.63) is 53.3 Å². The first-order valence-corrected chi connectivity index (χ1v) is 7.34. The summed E-state index contributed by atoms with van der Waals surface area (Å²) >= 11 is 0. The molecule has 0 spiro atoms. The van der Waals surface area contributed by atoms with E-state index in [9.17, 15) is 4.79 Å². The molecule has 6 nitrogen and oxygen atoms in total. The highest BCUT2D eigenvalue weighted by atomic mass is 16.5. The molecule has 0 fully saturated rings. The predicted octanol–water partition coefficient (Wildman–Crippen LogP) is 2.73. The van der Waals surface area contributed by atoms with Crippen LogP contribution in [0.3, 0.4) is 0 Å². The average molecular weight is 311 g/mol. The van der Waals surface area contributed by atoms with Crippen LogP contribution in [0.2, 0.25) is 0 Å². The molecule has 1 N–H and O–H groups in total. The van der Waals surface area contributed by atoms with Crippen LogP contribution in [0.4, 0.5) is 0 Å². The largest absolute Gasteiger partial charge is 0.497 e. The molecule has 3 rings (SSSR count). The highest BCUT2D eigenvalue weighted by Gasteiger charge is 2.17. The number of aromatic nitrogens is 3. The van der Waals surface area contributed by atoms with Gasteiger partial charge in [-0.3, -0.25) is 5.10 Å². The molecular formula is C17H17N3O3. The number of aromatic amines is 1. The molecule has 0 aliphatic rings. The number of carbonyl (C=O) groups is 1. The Morgan fingerprint density at radius 3 is 2.70 bits per heavy atom. The maximum absolute atomic E-state index is 12.2. The third-order valence-electron chi connectivity index (χ3n) is 3.63. The number of hydrogen-bond acceptors (Lipinski definition) is 5. The van der Waals surface area contributed by atoms with E-state index in [0.29, 0.717) is 24.2 Å². The van der Waals surface area contributed by atoms with Crippen molar-refractivity contribution in [2.45, 2.75) is 13.3 Å². The molecule has 6 heteroatoms. The summed E-state index contributed by atoms with van der Waals surface area (Å²) in [6.45, 7) is 2.11. The van der Waals surface area contributed by atoms with Crippen molar-refractivity contribution in [3.63, 3.8) is 0 Å². The zero-order valence-corrected chi connectivity index (χ0v) is 13.0. The molecule has 0 aliphatic heterocycles. The van der Waals surface area contributed by atoms with Crippen molar-refractivity contribution >= 4 is 17.0 Å². The van der Waals surface area contributed by atoms with E-state index in [1.165, 1.54) is 6.20 Å². The molecular weight excluding hydrogens is 294 g/mol. The lowest BCUT2D eigenvalue weighted by molar-refractivity contribution is 0.0525. The quantitative estimate of drug-likeness (QED) is 0.733. The normalized spacial score (nSPS) is 10.7. The zero-order valence-electron chi connectivity index (χ0n) is 13.0. The van der Waals surface area contributed by atoms with Crippen LogP contribution in [0.25, 0.3) is 11.0 Å². The van der Waals surface area contributed by atoms with E-state index in [-0.39, 0.29) is 5.97 Å². The summed E-state index contributed by atoms with van der Waals surface area (Å²) in [6, 6.07) is 7.74. The van der Waals surface area contributed by atoms with Gasteiger partial charge in [0.2, 0.25) is 0 Å². The Labute approximate surface area is 133 Å². The van der Waals surface area contributed by atoms with Gasteiger partial charge in [-0.2, -0.15) is 5.10 Å².